The van der Waals surface area contributed by atoms with Gasteiger partial charge in [-0.15, -0.1) is 0 Å². The Morgan fingerprint density at radius 2 is 1.92 bits per heavy atom. The summed E-state index contributed by atoms with van der Waals surface area (Å²) in [5.41, 5.74) is 0.935. The third kappa shape index (κ3) is 3.31. The number of benzene rings is 2. The van der Waals surface area contributed by atoms with Crippen molar-refractivity contribution >= 4 is 5.97 Å². The van der Waals surface area contributed by atoms with Gasteiger partial charge in [-0.2, -0.15) is 0 Å². The number of rotatable bonds is 4. The minimum atomic E-state index is -0.924. The molecule has 1 aliphatic rings. The van der Waals surface area contributed by atoms with E-state index in [4.69, 9.17) is 0 Å². The van der Waals surface area contributed by atoms with Gasteiger partial charge in [0.1, 0.15) is 17.7 Å². The van der Waals surface area contributed by atoms with Crippen LogP contribution in [0.1, 0.15) is 36.4 Å². The van der Waals surface area contributed by atoms with Crippen molar-refractivity contribution in [3.63, 3.8) is 0 Å². The van der Waals surface area contributed by atoms with Gasteiger partial charge in [0, 0.05) is 5.56 Å². The lowest BCUT2D eigenvalue weighted by molar-refractivity contribution is -0.145. The molecule has 1 aliphatic heterocycles. The summed E-state index contributed by atoms with van der Waals surface area (Å²) in [4.78, 5) is 13.5. The lowest BCUT2D eigenvalue weighted by Crippen LogP contribution is -2.47. The summed E-state index contributed by atoms with van der Waals surface area (Å²) in [6, 6.07) is 10.9. The van der Waals surface area contributed by atoms with Gasteiger partial charge in [0.25, 0.3) is 0 Å². The number of piperidine rings is 1. The number of carboxylic acids is 1. The van der Waals surface area contributed by atoms with E-state index in [2.05, 4.69) is 0 Å². The monoisotopic (exact) mass is 331 g/mol. The Bertz CT molecular complexity index is 735. The van der Waals surface area contributed by atoms with Crippen LogP contribution in [0.2, 0.25) is 0 Å². The van der Waals surface area contributed by atoms with E-state index in [1.165, 1.54) is 18.2 Å². The Labute approximate surface area is 139 Å². The normalized spacial score (nSPS) is 19.8. The minimum Gasteiger partial charge on any atom is -0.480 e. The Balaban J connectivity index is 2.11. The molecular weight excluding hydrogens is 312 g/mol. The number of nitrogens with zero attached hydrogens (tertiary/aromatic N) is 1. The molecule has 1 fully saturated rings. The first-order valence-corrected chi connectivity index (χ1v) is 8.06. The Morgan fingerprint density at radius 3 is 2.62 bits per heavy atom. The van der Waals surface area contributed by atoms with Crippen molar-refractivity contribution in [3.05, 3.63) is 71.3 Å². The molecule has 0 amide bonds. The van der Waals surface area contributed by atoms with Gasteiger partial charge in [0.05, 0.1) is 6.04 Å². The highest BCUT2D eigenvalue weighted by atomic mass is 19.1. The van der Waals surface area contributed by atoms with Crippen LogP contribution in [0.25, 0.3) is 0 Å². The molecular formula is C19H19F2NO2. The van der Waals surface area contributed by atoms with Gasteiger partial charge in [-0.05, 0) is 43.1 Å². The maximum atomic E-state index is 14.4. The Morgan fingerprint density at radius 1 is 1.12 bits per heavy atom. The molecule has 1 heterocycles. The lowest BCUT2D eigenvalue weighted by atomic mass is 9.91. The number of carboxylic acid groups (broad SMARTS) is 1. The first-order valence-electron chi connectivity index (χ1n) is 8.06. The predicted octanol–water partition coefficient (Wildman–Crippen LogP) is 3.99. The zero-order chi connectivity index (χ0) is 17.1. The standard InChI is InChI=1S/C19H19F2NO2/c20-14-7-5-6-13(12-14)18(15-8-1-2-9-16(15)21)22-11-4-3-10-17(22)19(23)24/h1-2,5-9,12,17-18H,3-4,10-11H2,(H,23,24). The molecule has 5 heteroatoms. The van der Waals surface area contributed by atoms with Crippen molar-refractivity contribution in [3.8, 4) is 0 Å². The maximum absolute atomic E-state index is 14.4. The van der Waals surface area contributed by atoms with E-state index < -0.39 is 29.7 Å². The summed E-state index contributed by atoms with van der Waals surface area (Å²) in [7, 11) is 0. The fraction of sp³-hybridized carbons (Fsp3) is 0.316. The third-order valence-electron chi connectivity index (χ3n) is 4.53. The van der Waals surface area contributed by atoms with Crippen LogP contribution in [0, 0.1) is 11.6 Å². The molecule has 2 atom stereocenters. The average molecular weight is 331 g/mol. The number of halogens is 2. The molecule has 0 bridgehead atoms. The van der Waals surface area contributed by atoms with Crippen molar-refractivity contribution < 1.29 is 18.7 Å². The quantitative estimate of drug-likeness (QED) is 0.921. The molecule has 3 nitrogen and oxygen atoms in total. The highest BCUT2D eigenvalue weighted by Gasteiger charge is 2.36. The van der Waals surface area contributed by atoms with Crippen molar-refractivity contribution in [2.24, 2.45) is 0 Å². The van der Waals surface area contributed by atoms with E-state index >= 15 is 0 Å². The van der Waals surface area contributed by atoms with Crippen LogP contribution in [0.4, 0.5) is 8.78 Å². The molecule has 2 aromatic rings. The van der Waals surface area contributed by atoms with E-state index in [-0.39, 0.29) is 0 Å². The zero-order valence-electron chi connectivity index (χ0n) is 13.2. The van der Waals surface area contributed by atoms with Crippen LogP contribution in [0.3, 0.4) is 0 Å². The van der Waals surface area contributed by atoms with Gasteiger partial charge in [-0.1, -0.05) is 36.8 Å². The van der Waals surface area contributed by atoms with E-state index in [9.17, 15) is 18.7 Å². The fourth-order valence-electron chi connectivity index (χ4n) is 3.45. The molecule has 24 heavy (non-hydrogen) atoms. The highest BCUT2D eigenvalue weighted by molar-refractivity contribution is 5.73. The fourth-order valence-corrected chi connectivity index (χ4v) is 3.45. The molecule has 1 N–H and O–H groups in total. The number of aliphatic carboxylic acids is 1. The molecule has 1 saturated heterocycles. The van der Waals surface area contributed by atoms with Gasteiger partial charge in [0.15, 0.2) is 0 Å². The number of hydrogen-bond donors (Lipinski definition) is 1. The SMILES string of the molecule is O=C(O)C1CCCCN1C(c1cccc(F)c1)c1ccccc1F. The maximum Gasteiger partial charge on any atom is 0.320 e. The van der Waals surface area contributed by atoms with Gasteiger partial charge < -0.3 is 5.11 Å². The largest absolute Gasteiger partial charge is 0.480 e. The van der Waals surface area contributed by atoms with Crippen LogP contribution in [0.5, 0.6) is 0 Å². The predicted molar refractivity (Wildman–Crippen MR) is 86.6 cm³/mol. The highest BCUT2D eigenvalue weighted by Crippen LogP contribution is 2.35. The molecule has 2 aromatic carbocycles. The molecule has 2 unspecified atom stereocenters. The first-order chi connectivity index (χ1) is 11.6. The van der Waals surface area contributed by atoms with Crippen LogP contribution < -0.4 is 0 Å². The average Bonchev–Trinajstić information content (AvgIpc) is 2.57. The zero-order valence-corrected chi connectivity index (χ0v) is 13.2. The molecule has 0 spiro atoms. The van der Waals surface area contributed by atoms with Gasteiger partial charge >= 0.3 is 5.97 Å². The van der Waals surface area contributed by atoms with E-state index in [1.54, 1.807) is 35.2 Å². The van der Waals surface area contributed by atoms with Gasteiger partial charge in [0.2, 0.25) is 0 Å². The molecule has 0 aliphatic carbocycles. The summed E-state index contributed by atoms with van der Waals surface area (Å²) < 4.78 is 28.2. The summed E-state index contributed by atoms with van der Waals surface area (Å²) in [6.07, 6.45) is 2.17. The van der Waals surface area contributed by atoms with Crippen molar-refractivity contribution in [1.29, 1.82) is 0 Å². The molecule has 0 aromatic heterocycles. The second-order valence-electron chi connectivity index (χ2n) is 6.07. The van der Waals surface area contributed by atoms with Crippen molar-refractivity contribution in [2.45, 2.75) is 31.3 Å². The van der Waals surface area contributed by atoms with Crippen LogP contribution >= 0.6 is 0 Å². The Kier molecular flexibility index (Phi) is 4.90. The van der Waals surface area contributed by atoms with Crippen LogP contribution in [-0.2, 0) is 4.79 Å². The Hall–Kier alpha value is -2.27. The second-order valence-corrected chi connectivity index (χ2v) is 6.07. The minimum absolute atomic E-state index is 0.372. The first kappa shape index (κ1) is 16.6. The molecule has 0 radical (unpaired) electrons. The van der Waals surface area contributed by atoms with E-state index in [0.29, 0.717) is 24.1 Å². The van der Waals surface area contributed by atoms with E-state index in [1.807, 2.05) is 0 Å². The second kappa shape index (κ2) is 7.09. The number of likely N-dealkylation sites (tertiary alicyclic amines) is 1. The summed E-state index contributed by atoms with van der Waals surface area (Å²) in [6.45, 7) is 0.534. The van der Waals surface area contributed by atoms with Crippen molar-refractivity contribution in [2.75, 3.05) is 6.54 Å². The topological polar surface area (TPSA) is 40.5 Å². The van der Waals surface area contributed by atoms with E-state index in [0.717, 1.165) is 12.8 Å². The lowest BCUT2D eigenvalue weighted by Gasteiger charge is -2.39. The summed E-state index contributed by atoms with van der Waals surface area (Å²) in [5.74, 6) is -1.76. The number of carbonyl (C=O) groups is 1. The van der Waals surface area contributed by atoms with Crippen molar-refractivity contribution in [1.82, 2.24) is 4.90 Å². The smallest absolute Gasteiger partial charge is 0.320 e. The molecule has 126 valence electrons. The van der Waals surface area contributed by atoms with Crippen LogP contribution in [-0.4, -0.2) is 28.6 Å². The summed E-state index contributed by atoms with van der Waals surface area (Å²) >= 11 is 0. The van der Waals surface area contributed by atoms with Crippen LogP contribution in [0.15, 0.2) is 48.5 Å². The molecule has 3 rings (SSSR count). The van der Waals surface area contributed by atoms with Gasteiger partial charge in [-0.25, -0.2) is 8.78 Å². The third-order valence-corrected chi connectivity index (χ3v) is 4.53. The number of hydrogen-bond acceptors (Lipinski definition) is 2. The van der Waals surface area contributed by atoms with Gasteiger partial charge in [-0.3, -0.25) is 9.69 Å². The summed E-state index contributed by atoms with van der Waals surface area (Å²) in [5, 5.41) is 9.57. The molecule has 0 saturated carbocycles.